The monoisotopic (exact) mass is 398 g/mol. The first-order chi connectivity index (χ1) is 12.5. The first-order valence-electron chi connectivity index (χ1n) is 8.44. The van der Waals surface area contributed by atoms with Gasteiger partial charge in [-0.3, -0.25) is 4.79 Å². The van der Waals surface area contributed by atoms with Crippen LogP contribution in [0, 0.1) is 5.92 Å². The highest BCUT2D eigenvalue weighted by Crippen LogP contribution is 2.38. The number of nitrogens with one attached hydrogen (secondary N) is 1. The maximum absolute atomic E-state index is 12.8. The van der Waals surface area contributed by atoms with Gasteiger partial charge >= 0.3 is 12.4 Å². The van der Waals surface area contributed by atoms with Crippen molar-refractivity contribution in [2.24, 2.45) is 11.7 Å². The Labute approximate surface area is 152 Å². The molecule has 152 valence electrons. The maximum atomic E-state index is 12.8. The molecular formula is C17H20F6N2O2. The molecule has 1 aromatic rings. The quantitative estimate of drug-likeness (QED) is 0.587. The predicted molar refractivity (Wildman–Crippen MR) is 84.9 cm³/mol. The van der Waals surface area contributed by atoms with Crippen molar-refractivity contribution in [2.75, 3.05) is 13.2 Å². The summed E-state index contributed by atoms with van der Waals surface area (Å²) < 4.78 is 81.7. The van der Waals surface area contributed by atoms with Crippen LogP contribution in [0.2, 0.25) is 0 Å². The third-order valence-corrected chi connectivity index (χ3v) is 4.39. The van der Waals surface area contributed by atoms with E-state index in [2.05, 4.69) is 5.32 Å². The van der Waals surface area contributed by atoms with Crippen LogP contribution in [0.3, 0.4) is 0 Å². The number of rotatable bonds is 5. The number of hydrogen-bond acceptors (Lipinski definition) is 3. The van der Waals surface area contributed by atoms with Crippen molar-refractivity contribution in [3.63, 3.8) is 0 Å². The molecule has 0 aromatic heterocycles. The van der Waals surface area contributed by atoms with Crippen LogP contribution in [-0.4, -0.2) is 25.1 Å². The van der Waals surface area contributed by atoms with Gasteiger partial charge in [-0.25, -0.2) is 0 Å². The van der Waals surface area contributed by atoms with Gasteiger partial charge in [-0.1, -0.05) is 12.8 Å². The molecule has 2 atom stereocenters. The minimum atomic E-state index is -4.94. The number of carbonyl (C=O) groups is 1. The highest BCUT2D eigenvalue weighted by Gasteiger charge is 2.37. The molecule has 1 saturated carbocycles. The Kier molecular flexibility index (Phi) is 6.61. The standard InChI is InChI=1S/C17H20F6N2O2/c18-16(19,20)10-7-11(17(21,22)23)9-12(8-10)27-6-5-25-15(26)13-3-1-2-4-14(13)24/h7-9,13-14H,1-6,24H2,(H,25,26)/t13-,14+/m1/s1. The van der Waals surface area contributed by atoms with Crippen LogP contribution in [0.4, 0.5) is 26.3 Å². The van der Waals surface area contributed by atoms with E-state index in [9.17, 15) is 31.1 Å². The lowest BCUT2D eigenvalue weighted by atomic mass is 9.84. The molecule has 0 heterocycles. The zero-order valence-electron chi connectivity index (χ0n) is 14.3. The summed E-state index contributed by atoms with van der Waals surface area (Å²) in [6, 6.07) is 0.763. The van der Waals surface area contributed by atoms with E-state index in [4.69, 9.17) is 10.5 Å². The van der Waals surface area contributed by atoms with Gasteiger partial charge in [0.1, 0.15) is 12.4 Å². The second kappa shape index (κ2) is 8.37. The van der Waals surface area contributed by atoms with E-state index in [0.717, 1.165) is 19.3 Å². The van der Waals surface area contributed by atoms with Gasteiger partial charge in [0.05, 0.1) is 23.6 Å². The third kappa shape index (κ3) is 6.02. The number of halogens is 6. The maximum Gasteiger partial charge on any atom is 0.416 e. The zero-order chi connectivity index (χ0) is 20.2. The van der Waals surface area contributed by atoms with Crippen molar-refractivity contribution in [1.29, 1.82) is 0 Å². The molecule has 0 radical (unpaired) electrons. The highest BCUT2D eigenvalue weighted by molar-refractivity contribution is 5.79. The van der Waals surface area contributed by atoms with Crippen LogP contribution in [0.1, 0.15) is 36.8 Å². The summed E-state index contributed by atoms with van der Waals surface area (Å²) in [5.41, 5.74) is 2.98. The number of benzene rings is 1. The number of ether oxygens (including phenoxy) is 1. The molecule has 27 heavy (non-hydrogen) atoms. The van der Waals surface area contributed by atoms with Crippen LogP contribution >= 0.6 is 0 Å². The van der Waals surface area contributed by atoms with Gasteiger partial charge < -0.3 is 15.8 Å². The van der Waals surface area contributed by atoms with Crippen LogP contribution in [-0.2, 0) is 17.1 Å². The lowest BCUT2D eigenvalue weighted by Crippen LogP contribution is -2.44. The fourth-order valence-corrected chi connectivity index (χ4v) is 2.97. The third-order valence-electron chi connectivity index (χ3n) is 4.39. The van der Waals surface area contributed by atoms with Gasteiger partial charge in [-0.15, -0.1) is 0 Å². The molecule has 0 saturated heterocycles. The molecule has 1 aromatic carbocycles. The van der Waals surface area contributed by atoms with E-state index in [0.29, 0.717) is 18.6 Å². The van der Waals surface area contributed by atoms with E-state index in [1.54, 1.807) is 0 Å². The molecule has 10 heteroatoms. The van der Waals surface area contributed by atoms with Crippen molar-refractivity contribution < 1.29 is 35.9 Å². The number of nitrogens with two attached hydrogens (primary N) is 1. The number of carbonyl (C=O) groups excluding carboxylic acids is 1. The molecule has 0 bridgehead atoms. The fourth-order valence-electron chi connectivity index (χ4n) is 2.97. The van der Waals surface area contributed by atoms with Crippen LogP contribution in [0.5, 0.6) is 5.75 Å². The summed E-state index contributed by atoms with van der Waals surface area (Å²) in [5, 5.41) is 2.55. The van der Waals surface area contributed by atoms with Crippen molar-refractivity contribution >= 4 is 5.91 Å². The minimum Gasteiger partial charge on any atom is -0.492 e. The summed E-state index contributed by atoms with van der Waals surface area (Å²) in [6.45, 7) is -0.327. The van der Waals surface area contributed by atoms with Crippen molar-refractivity contribution in [3.05, 3.63) is 29.3 Å². The van der Waals surface area contributed by atoms with Gasteiger partial charge in [0, 0.05) is 6.04 Å². The summed E-state index contributed by atoms with van der Waals surface area (Å²) in [7, 11) is 0. The second-order valence-electron chi connectivity index (χ2n) is 6.44. The van der Waals surface area contributed by atoms with Gasteiger partial charge in [0.2, 0.25) is 5.91 Å². The number of amides is 1. The van der Waals surface area contributed by atoms with Crippen LogP contribution in [0.15, 0.2) is 18.2 Å². The Morgan fingerprint density at radius 2 is 1.59 bits per heavy atom. The molecule has 0 aliphatic heterocycles. The zero-order valence-corrected chi connectivity index (χ0v) is 14.3. The molecule has 1 aliphatic carbocycles. The Morgan fingerprint density at radius 3 is 2.11 bits per heavy atom. The molecule has 3 N–H and O–H groups in total. The van der Waals surface area contributed by atoms with Crippen LogP contribution in [0.25, 0.3) is 0 Å². The molecular weight excluding hydrogens is 378 g/mol. The Bertz CT molecular complexity index is 628. The first kappa shape index (κ1) is 21.3. The summed E-state index contributed by atoms with van der Waals surface area (Å²) in [6.07, 6.45) is -6.66. The Hall–Kier alpha value is -1.97. The SMILES string of the molecule is N[C@H]1CCCC[C@H]1C(=O)NCCOc1cc(C(F)(F)F)cc(C(F)(F)F)c1. The molecule has 1 amide bonds. The molecule has 0 spiro atoms. The highest BCUT2D eigenvalue weighted by atomic mass is 19.4. The van der Waals surface area contributed by atoms with E-state index in [1.165, 1.54) is 0 Å². The average Bonchev–Trinajstić information content (AvgIpc) is 2.57. The largest absolute Gasteiger partial charge is 0.492 e. The van der Waals surface area contributed by atoms with Crippen LogP contribution < -0.4 is 15.8 Å². The average molecular weight is 398 g/mol. The van der Waals surface area contributed by atoms with E-state index >= 15 is 0 Å². The van der Waals surface area contributed by atoms with Gasteiger partial charge in [-0.05, 0) is 31.0 Å². The lowest BCUT2D eigenvalue weighted by Gasteiger charge is -2.27. The molecule has 2 rings (SSSR count). The summed E-state index contributed by atoms with van der Waals surface area (Å²) in [4.78, 5) is 12.0. The fraction of sp³-hybridized carbons (Fsp3) is 0.588. The van der Waals surface area contributed by atoms with Gasteiger partial charge in [0.25, 0.3) is 0 Å². The Balaban J connectivity index is 1.96. The summed E-state index contributed by atoms with van der Waals surface area (Å²) >= 11 is 0. The first-order valence-corrected chi connectivity index (χ1v) is 8.44. The second-order valence-corrected chi connectivity index (χ2v) is 6.44. The summed E-state index contributed by atoms with van der Waals surface area (Å²) in [5.74, 6) is -1.20. The van der Waals surface area contributed by atoms with E-state index in [1.807, 2.05) is 0 Å². The normalized spacial score (nSPS) is 21.0. The molecule has 0 unspecified atom stereocenters. The number of hydrogen-bond donors (Lipinski definition) is 2. The van der Waals surface area contributed by atoms with E-state index in [-0.39, 0.29) is 37.1 Å². The van der Waals surface area contributed by atoms with Gasteiger partial charge in [-0.2, -0.15) is 26.3 Å². The smallest absolute Gasteiger partial charge is 0.416 e. The van der Waals surface area contributed by atoms with Crippen molar-refractivity contribution in [3.8, 4) is 5.75 Å². The molecule has 1 fully saturated rings. The minimum absolute atomic E-state index is 0.0269. The number of alkyl halides is 6. The van der Waals surface area contributed by atoms with E-state index < -0.39 is 29.2 Å². The predicted octanol–water partition coefficient (Wildman–Crippen LogP) is 3.74. The topological polar surface area (TPSA) is 64.4 Å². The van der Waals surface area contributed by atoms with Crippen molar-refractivity contribution in [1.82, 2.24) is 5.32 Å². The molecule has 4 nitrogen and oxygen atoms in total. The van der Waals surface area contributed by atoms with Crippen molar-refractivity contribution in [2.45, 2.75) is 44.1 Å². The molecule has 1 aliphatic rings. The lowest BCUT2D eigenvalue weighted by molar-refractivity contribution is -0.143. The van der Waals surface area contributed by atoms with Gasteiger partial charge in [0.15, 0.2) is 0 Å². The Morgan fingerprint density at radius 1 is 1.04 bits per heavy atom.